The molecule has 0 fully saturated rings. The van der Waals surface area contributed by atoms with Gasteiger partial charge in [0.05, 0.1) is 25.2 Å². The highest BCUT2D eigenvalue weighted by Crippen LogP contribution is 2.17. The van der Waals surface area contributed by atoms with Crippen molar-refractivity contribution in [2.45, 2.75) is 219 Å². The van der Waals surface area contributed by atoms with Gasteiger partial charge in [0.2, 0.25) is 5.91 Å². The zero-order valence-corrected chi connectivity index (χ0v) is 35.8. The fourth-order valence-electron chi connectivity index (χ4n) is 6.43. The summed E-state index contributed by atoms with van der Waals surface area (Å²) in [4.78, 5) is 25.9. The molecule has 0 aliphatic heterocycles. The van der Waals surface area contributed by atoms with Crippen LogP contribution in [0, 0.1) is 0 Å². The van der Waals surface area contributed by atoms with Gasteiger partial charge < -0.3 is 20.3 Å². The Labute approximate surface area is 339 Å². The molecule has 3 atom stereocenters. The predicted octanol–water partition coefficient (Wildman–Crippen LogP) is 13.1. The van der Waals surface area contributed by atoms with E-state index >= 15 is 0 Å². The van der Waals surface area contributed by atoms with Crippen LogP contribution in [-0.2, 0) is 14.3 Å². The maximum atomic E-state index is 13.1. The number of hydrogen-bond donors (Lipinski definition) is 3. The fraction of sp³-hybridized carbons (Fsp3) is 0.714. The highest BCUT2D eigenvalue weighted by molar-refractivity contribution is 5.77. The Morgan fingerprint density at radius 3 is 1.60 bits per heavy atom. The number of nitrogens with one attached hydrogen (secondary N) is 1. The molecule has 0 heterocycles. The Balaban J connectivity index is 4.63. The molecule has 0 aliphatic rings. The van der Waals surface area contributed by atoms with E-state index < -0.39 is 18.2 Å². The van der Waals surface area contributed by atoms with Crippen LogP contribution < -0.4 is 5.32 Å². The molecule has 0 aromatic carbocycles. The second-order valence-electron chi connectivity index (χ2n) is 15.2. The highest BCUT2D eigenvalue weighted by Gasteiger charge is 2.24. The van der Waals surface area contributed by atoms with E-state index in [1.165, 1.54) is 70.6 Å². The van der Waals surface area contributed by atoms with Crippen molar-refractivity contribution in [3.8, 4) is 0 Å². The van der Waals surface area contributed by atoms with Crippen LogP contribution in [0.5, 0.6) is 0 Å². The van der Waals surface area contributed by atoms with Crippen molar-refractivity contribution in [3.05, 3.63) is 72.9 Å². The van der Waals surface area contributed by atoms with E-state index in [1.54, 1.807) is 0 Å². The molecule has 6 nitrogen and oxygen atoms in total. The Morgan fingerprint density at radius 2 is 1.02 bits per heavy atom. The molecular weight excluding hydrogens is 683 g/mol. The first-order valence-electron chi connectivity index (χ1n) is 22.7. The number of hydrogen-bond acceptors (Lipinski definition) is 5. The van der Waals surface area contributed by atoms with Crippen molar-refractivity contribution in [3.63, 3.8) is 0 Å². The van der Waals surface area contributed by atoms with Crippen LogP contribution in [0.15, 0.2) is 72.9 Å². The van der Waals surface area contributed by atoms with Gasteiger partial charge in [0, 0.05) is 6.42 Å². The number of unbranched alkanes of at least 4 members (excludes halogenated alkanes) is 19. The first kappa shape index (κ1) is 52.3. The monoisotopic (exact) mass is 768 g/mol. The Kier molecular flexibility index (Phi) is 40.4. The third-order valence-corrected chi connectivity index (χ3v) is 9.90. The summed E-state index contributed by atoms with van der Waals surface area (Å²) in [5.41, 5.74) is 0. The van der Waals surface area contributed by atoms with E-state index in [9.17, 15) is 19.8 Å². The van der Waals surface area contributed by atoms with E-state index in [1.807, 2.05) is 42.5 Å². The number of aliphatic hydroxyl groups is 2. The van der Waals surface area contributed by atoms with Gasteiger partial charge in [0.15, 0.2) is 0 Å². The molecule has 316 valence electrons. The number of carbonyl (C=O) groups is 2. The largest absolute Gasteiger partial charge is 0.462 e. The maximum Gasteiger partial charge on any atom is 0.306 e. The number of aliphatic hydroxyl groups excluding tert-OH is 2. The topological polar surface area (TPSA) is 95.9 Å². The van der Waals surface area contributed by atoms with Crippen LogP contribution >= 0.6 is 0 Å². The van der Waals surface area contributed by atoms with Gasteiger partial charge in [-0.2, -0.15) is 0 Å². The maximum absolute atomic E-state index is 13.1. The minimum atomic E-state index is -0.799. The molecule has 0 saturated carbocycles. The summed E-state index contributed by atoms with van der Waals surface area (Å²) in [6.07, 6.45) is 52.5. The zero-order valence-electron chi connectivity index (χ0n) is 35.8. The van der Waals surface area contributed by atoms with Gasteiger partial charge in [0.25, 0.3) is 0 Å². The van der Waals surface area contributed by atoms with E-state index in [2.05, 4.69) is 56.5 Å². The minimum absolute atomic E-state index is 0.0458. The van der Waals surface area contributed by atoms with Gasteiger partial charge >= 0.3 is 5.97 Å². The standard InChI is InChI=1S/C49H85NO5/c1-4-7-10-13-16-19-21-23-24-25-27-30-33-36-39-42-49(54)55-45(40-37-34-31-28-18-15-12-9-6-3)43-48(53)50-46(44-51)47(52)41-38-35-32-29-26-22-20-17-14-11-8-5-2/h7,10,13,15-16,18-19,21,23-25,27,45-47,51-52H,4-6,8-9,11-12,14,17,20,22,26,28-44H2,1-3H3,(H,50,53)/b10-7+,16-13+,18-15-,21-19-,24-23-,27-25+. The van der Waals surface area contributed by atoms with Gasteiger partial charge in [-0.05, 0) is 64.2 Å². The van der Waals surface area contributed by atoms with Gasteiger partial charge in [-0.25, -0.2) is 0 Å². The van der Waals surface area contributed by atoms with E-state index in [0.29, 0.717) is 19.3 Å². The quantitative estimate of drug-likeness (QED) is 0.0250. The van der Waals surface area contributed by atoms with Crippen LogP contribution in [0.3, 0.4) is 0 Å². The van der Waals surface area contributed by atoms with Crippen LogP contribution in [-0.4, -0.2) is 46.9 Å². The molecule has 0 bridgehead atoms. The summed E-state index contributed by atoms with van der Waals surface area (Å²) in [5.74, 6) is -0.548. The van der Waals surface area contributed by atoms with Crippen LogP contribution in [0.4, 0.5) is 0 Å². The molecule has 3 unspecified atom stereocenters. The first-order valence-corrected chi connectivity index (χ1v) is 22.7. The van der Waals surface area contributed by atoms with Crippen molar-refractivity contribution < 1.29 is 24.5 Å². The number of esters is 1. The lowest BCUT2D eigenvalue weighted by atomic mass is 10.0. The molecule has 0 aromatic rings. The van der Waals surface area contributed by atoms with E-state index in [4.69, 9.17) is 4.74 Å². The molecule has 55 heavy (non-hydrogen) atoms. The lowest BCUT2D eigenvalue weighted by Crippen LogP contribution is -2.46. The molecule has 3 N–H and O–H groups in total. The molecule has 6 heteroatoms. The first-order chi connectivity index (χ1) is 27.0. The molecular formula is C49H85NO5. The van der Waals surface area contributed by atoms with Crippen molar-refractivity contribution in [2.24, 2.45) is 0 Å². The lowest BCUT2D eigenvalue weighted by Gasteiger charge is -2.24. The summed E-state index contributed by atoms with van der Waals surface area (Å²) in [6, 6.07) is -0.716. The summed E-state index contributed by atoms with van der Waals surface area (Å²) < 4.78 is 5.86. The SMILES string of the molecule is CC/C=C/C=C/C=C\C=C/C=C/CCCCCC(=O)OC(CCCCC/C=C\CCCC)CC(=O)NC(CO)C(O)CCCCCCCCCCCCCC. The number of carbonyl (C=O) groups excluding carboxylic acids is 2. The van der Waals surface area contributed by atoms with Gasteiger partial charge in [0.1, 0.15) is 6.10 Å². The minimum Gasteiger partial charge on any atom is -0.462 e. The normalized spacial score (nSPS) is 14.1. The third kappa shape index (κ3) is 38.0. The summed E-state index contributed by atoms with van der Waals surface area (Å²) >= 11 is 0. The van der Waals surface area contributed by atoms with Crippen LogP contribution in [0.25, 0.3) is 0 Å². The van der Waals surface area contributed by atoms with Gasteiger partial charge in [-0.1, -0.05) is 196 Å². The second-order valence-corrected chi connectivity index (χ2v) is 15.2. The predicted molar refractivity (Wildman–Crippen MR) is 236 cm³/mol. The molecule has 0 spiro atoms. The Bertz CT molecular complexity index is 1040. The van der Waals surface area contributed by atoms with Crippen LogP contribution in [0.2, 0.25) is 0 Å². The van der Waals surface area contributed by atoms with Crippen molar-refractivity contribution in [2.75, 3.05) is 6.61 Å². The Hall–Kier alpha value is -2.70. The highest BCUT2D eigenvalue weighted by atomic mass is 16.5. The van der Waals surface area contributed by atoms with Crippen molar-refractivity contribution in [1.29, 1.82) is 0 Å². The Morgan fingerprint density at radius 1 is 0.545 bits per heavy atom. The summed E-state index contributed by atoms with van der Waals surface area (Å²) in [6.45, 7) is 6.25. The molecule has 0 aromatic heterocycles. The average molecular weight is 768 g/mol. The van der Waals surface area contributed by atoms with Crippen molar-refractivity contribution >= 4 is 11.9 Å². The molecule has 0 aliphatic carbocycles. The molecule has 0 rings (SSSR count). The number of ether oxygens (including phenoxy) is 1. The summed E-state index contributed by atoms with van der Waals surface area (Å²) in [5, 5.41) is 23.6. The fourth-order valence-corrected chi connectivity index (χ4v) is 6.43. The summed E-state index contributed by atoms with van der Waals surface area (Å²) in [7, 11) is 0. The van der Waals surface area contributed by atoms with Gasteiger partial charge in [-0.15, -0.1) is 0 Å². The molecule has 1 amide bonds. The number of allylic oxidation sites excluding steroid dienone is 12. The van der Waals surface area contributed by atoms with Gasteiger partial charge in [-0.3, -0.25) is 9.59 Å². The van der Waals surface area contributed by atoms with Crippen LogP contribution in [0.1, 0.15) is 201 Å². The zero-order chi connectivity index (χ0) is 40.3. The van der Waals surface area contributed by atoms with Crippen molar-refractivity contribution in [1.82, 2.24) is 5.32 Å². The third-order valence-electron chi connectivity index (χ3n) is 9.90. The number of rotatable bonds is 39. The number of amides is 1. The van der Waals surface area contributed by atoms with E-state index in [0.717, 1.165) is 83.5 Å². The lowest BCUT2D eigenvalue weighted by molar-refractivity contribution is -0.151. The molecule has 0 saturated heterocycles. The molecule has 0 radical (unpaired) electrons. The van der Waals surface area contributed by atoms with E-state index in [-0.39, 0.29) is 24.9 Å². The average Bonchev–Trinajstić information content (AvgIpc) is 3.18. The second kappa shape index (κ2) is 42.4. The smallest absolute Gasteiger partial charge is 0.306 e.